The van der Waals surface area contributed by atoms with Gasteiger partial charge in [0, 0.05) is 17.3 Å². The molecule has 1 unspecified atom stereocenters. The lowest BCUT2D eigenvalue weighted by Gasteiger charge is -2.13. The first-order valence-corrected chi connectivity index (χ1v) is 8.24. The van der Waals surface area contributed by atoms with Crippen LogP contribution in [0.15, 0.2) is 35.3 Å². The number of carbonyl (C=O) groups is 2. The maximum atomic E-state index is 12.3. The Labute approximate surface area is 138 Å². The maximum absolute atomic E-state index is 12.3. The molecule has 0 spiro atoms. The number of nitrogens with zero attached hydrogens (tertiary/aromatic N) is 2. The number of rotatable bonds is 3. The minimum Gasteiger partial charge on any atom is -0.325 e. The highest BCUT2D eigenvalue weighted by Crippen LogP contribution is 2.29. The predicted molar refractivity (Wildman–Crippen MR) is 93.1 cm³/mol. The number of thiazole rings is 1. The Morgan fingerprint density at radius 3 is 2.83 bits per heavy atom. The van der Waals surface area contributed by atoms with Crippen LogP contribution >= 0.6 is 11.3 Å². The average molecular weight is 327 g/mol. The first kappa shape index (κ1) is 15.6. The molecule has 3 rings (SSSR count). The number of benzene rings is 1. The van der Waals surface area contributed by atoms with Crippen LogP contribution in [0.2, 0.25) is 0 Å². The minimum absolute atomic E-state index is 0.365. The molecule has 1 N–H and O–H groups in total. The van der Waals surface area contributed by atoms with Crippen molar-refractivity contribution >= 4 is 44.8 Å². The van der Waals surface area contributed by atoms with Gasteiger partial charge in [-0.3, -0.25) is 9.59 Å². The third-order valence-electron chi connectivity index (χ3n) is 3.53. The van der Waals surface area contributed by atoms with Crippen LogP contribution in [0.25, 0.3) is 10.2 Å². The summed E-state index contributed by atoms with van der Waals surface area (Å²) in [6.07, 6.45) is 3.27. The normalized spacial score (nSPS) is 17.7. The third kappa shape index (κ3) is 3.22. The molecule has 0 saturated carbocycles. The van der Waals surface area contributed by atoms with Crippen molar-refractivity contribution in [2.45, 2.75) is 26.7 Å². The molecule has 6 heteroatoms. The van der Waals surface area contributed by atoms with Crippen molar-refractivity contribution in [3.8, 4) is 0 Å². The second-order valence-corrected chi connectivity index (χ2v) is 6.87. The first-order valence-electron chi connectivity index (χ1n) is 7.43. The first-order chi connectivity index (χ1) is 10.9. The fourth-order valence-corrected chi connectivity index (χ4v) is 3.29. The fraction of sp³-hybridized carbons (Fsp3) is 0.294. The van der Waals surface area contributed by atoms with Crippen molar-refractivity contribution in [1.29, 1.82) is 0 Å². The van der Waals surface area contributed by atoms with E-state index in [1.165, 1.54) is 0 Å². The number of anilines is 1. The molecular weight excluding hydrogens is 310 g/mol. The zero-order chi connectivity index (χ0) is 16.6. The van der Waals surface area contributed by atoms with Crippen LogP contribution in [-0.2, 0) is 9.59 Å². The van der Waals surface area contributed by atoms with Crippen molar-refractivity contribution in [3.63, 3.8) is 0 Å². The van der Waals surface area contributed by atoms with Crippen LogP contribution in [0, 0.1) is 5.92 Å². The van der Waals surface area contributed by atoms with Gasteiger partial charge in [-0.1, -0.05) is 19.9 Å². The van der Waals surface area contributed by atoms with Crippen LogP contribution in [0.4, 0.5) is 5.69 Å². The molecule has 0 fully saturated rings. The smallest absolute Gasteiger partial charge is 0.262 e. The van der Waals surface area contributed by atoms with E-state index in [-0.39, 0.29) is 5.91 Å². The number of dihydropyridines is 1. The van der Waals surface area contributed by atoms with Crippen molar-refractivity contribution in [2.24, 2.45) is 10.9 Å². The molecule has 5 nitrogen and oxygen atoms in total. The van der Waals surface area contributed by atoms with Gasteiger partial charge in [0.15, 0.2) is 0 Å². The Balaban J connectivity index is 1.80. The van der Waals surface area contributed by atoms with Gasteiger partial charge in [0.25, 0.3) is 5.91 Å². The van der Waals surface area contributed by atoms with Crippen LogP contribution in [-0.4, -0.2) is 22.5 Å². The zero-order valence-corrected chi connectivity index (χ0v) is 14.0. The van der Waals surface area contributed by atoms with Crippen molar-refractivity contribution in [3.05, 3.63) is 35.4 Å². The lowest BCUT2D eigenvalue weighted by Crippen LogP contribution is -2.29. The highest BCUT2D eigenvalue weighted by atomic mass is 32.1. The van der Waals surface area contributed by atoms with Crippen LogP contribution in [0.3, 0.4) is 0 Å². The summed E-state index contributed by atoms with van der Waals surface area (Å²) in [6, 6.07) is 5.58. The lowest BCUT2D eigenvalue weighted by molar-refractivity contribution is -0.128. The fourth-order valence-electron chi connectivity index (χ4n) is 2.29. The molecule has 1 aromatic heterocycles. The molecule has 1 atom stereocenters. The third-order valence-corrected chi connectivity index (χ3v) is 4.85. The number of aromatic nitrogens is 1. The van der Waals surface area contributed by atoms with Gasteiger partial charge in [-0.2, -0.15) is 0 Å². The zero-order valence-electron chi connectivity index (χ0n) is 13.2. The molecule has 23 heavy (non-hydrogen) atoms. The number of fused-ring (bicyclic) bond motifs is 1. The van der Waals surface area contributed by atoms with Gasteiger partial charge >= 0.3 is 0 Å². The van der Waals surface area contributed by atoms with E-state index in [1.807, 2.05) is 12.1 Å². The topological polar surface area (TPSA) is 71.4 Å². The molecule has 0 aliphatic carbocycles. The molecular formula is C17H17N3O2S. The van der Waals surface area contributed by atoms with E-state index in [1.54, 1.807) is 36.5 Å². The van der Waals surface area contributed by atoms with E-state index >= 15 is 0 Å². The number of aliphatic imine (C=N–C) groups is 1. The van der Waals surface area contributed by atoms with Crippen molar-refractivity contribution in [1.82, 2.24) is 4.98 Å². The molecule has 1 aliphatic heterocycles. The second kappa shape index (κ2) is 6.04. The monoisotopic (exact) mass is 327 g/mol. The number of hydrogen-bond acceptors (Lipinski definition) is 4. The average Bonchev–Trinajstić information content (AvgIpc) is 2.90. The molecule has 1 aromatic carbocycles. The number of hydrogen-bond donors (Lipinski definition) is 1. The second-order valence-electron chi connectivity index (χ2n) is 5.81. The number of nitrogens with one attached hydrogen (secondary N) is 1. The number of amides is 2. The van der Waals surface area contributed by atoms with Crippen LogP contribution in [0.1, 0.15) is 31.7 Å². The van der Waals surface area contributed by atoms with Crippen molar-refractivity contribution < 1.29 is 9.59 Å². The minimum atomic E-state index is -0.859. The molecule has 0 bridgehead atoms. The standard InChI is InChI=1S/C17H17N3O2S/c1-9(2)17-20-13-7-5-11(8-14(13)23-17)19-16(22)12-6-4-10(3)18-15(12)21/h4-9,12H,1-3H3,(H,19,22). The van der Waals surface area contributed by atoms with Crippen LogP contribution in [0.5, 0.6) is 0 Å². The maximum Gasteiger partial charge on any atom is 0.262 e. The summed E-state index contributed by atoms with van der Waals surface area (Å²) in [5, 5.41) is 3.85. The van der Waals surface area contributed by atoms with Gasteiger partial charge in [0.1, 0.15) is 5.92 Å². The molecule has 0 radical (unpaired) electrons. The molecule has 2 heterocycles. The summed E-state index contributed by atoms with van der Waals surface area (Å²) in [4.78, 5) is 32.5. The van der Waals surface area contributed by atoms with Gasteiger partial charge in [0.05, 0.1) is 15.2 Å². The van der Waals surface area contributed by atoms with E-state index in [0.717, 1.165) is 15.2 Å². The molecule has 2 aromatic rings. The Morgan fingerprint density at radius 1 is 1.35 bits per heavy atom. The lowest BCUT2D eigenvalue weighted by atomic mass is 10.0. The summed E-state index contributed by atoms with van der Waals surface area (Å²) in [7, 11) is 0. The van der Waals surface area contributed by atoms with Gasteiger partial charge < -0.3 is 5.32 Å². The van der Waals surface area contributed by atoms with Gasteiger partial charge in [-0.05, 0) is 31.2 Å². The molecule has 0 saturated heterocycles. The quantitative estimate of drug-likeness (QED) is 0.877. The SMILES string of the molecule is CC1=NC(=O)C(C(=O)Nc2ccc3nc(C(C)C)sc3c2)C=C1. The van der Waals surface area contributed by atoms with E-state index in [9.17, 15) is 9.59 Å². The van der Waals surface area contributed by atoms with Crippen LogP contribution < -0.4 is 5.32 Å². The van der Waals surface area contributed by atoms with Gasteiger partial charge in [-0.15, -0.1) is 11.3 Å². The predicted octanol–water partition coefficient (Wildman–Crippen LogP) is 3.53. The summed E-state index contributed by atoms with van der Waals surface area (Å²) in [6.45, 7) is 5.93. The number of allylic oxidation sites excluding steroid dienone is 1. The molecule has 118 valence electrons. The molecule has 1 aliphatic rings. The summed E-state index contributed by atoms with van der Waals surface area (Å²) < 4.78 is 1.02. The highest BCUT2D eigenvalue weighted by molar-refractivity contribution is 7.18. The largest absolute Gasteiger partial charge is 0.325 e. The Hall–Kier alpha value is -2.34. The van der Waals surface area contributed by atoms with E-state index in [4.69, 9.17) is 0 Å². The molecule has 2 amide bonds. The Bertz CT molecular complexity index is 849. The Kier molecular flexibility index (Phi) is 4.09. The van der Waals surface area contributed by atoms with E-state index in [0.29, 0.717) is 17.3 Å². The number of carbonyl (C=O) groups excluding carboxylic acids is 2. The Morgan fingerprint density at radius 2 is 2.13 bits per heavy atom. The van der Waals surface area contributed by atoms with Crippen molar-refractivity contribution in [2.75, 3.05) is 5.32 Å². The van der Waals surface area contributed by atoms with Gasteiger partial charge in [0.2, 0.25) is 5.91 Å². The highest BCUT2D eigenvalue weighted by Gasteiger charge is 2.26. The summed E-state index contributed by atoms with van der Waals surface area (Å²) in [5.74, 6) is -1.28. The summed E-state index contributed by atoms with van der Waals surface area (Å²) >= 11 is 1.62. The van der Waals surface area contributed by atoms with E-state index in [2.05, 4.69) is 29.1 Å². The van der Waals surface area contributed by atoms with E-state index < -0.39 is 11.8 Å². The van der Waals surface area contributed by atoms with Gasteiger partial charge in [-0.25, -0.2) is 9.98 Å². The summed E-state index contributed by atoms with van der Waals surface area (Å²) in [5.41, 5.74) is 2.20.